The third-order valence-corrected chi connectivity index (χ3v) is 2.83. The lowest BCUT2D eigenvalue weighted by Gasteiger charge is -2.14. The Labute approximate surface area is 97.8 Å². The third-order valence-electron chi connectivity index (χ3n) is 2.83. The number of hydrogen-bond donors (Lipinski definition) is 2. The van der Waals surface area contributed by atoms with Gasteiger partial charge in [-0.25, -0.2) is 0 Å². The predicted octanol–water partition coefficient (Wildman–Crippen LogP) is 2.13. The van der Waals surface area contributed by atoms with Crippen LogP contribution in [-0.4, -0.2) is 13.7 Å². The quantitative estimate of drug-likeness (QED) is 0.725. The van der Waals surface area contributed by atoms with E-state index in [2.05, 4.69) is 12.1 Å². The van der Waals surface area contributed by atoms with Crippen LogP contribution < -0.4 is 16.2 Å². The number of methoxy groups -OCH3 is 1. The smallest absolute Gasteiger partial charge is 0.122 e. The van der Waals surface area contributed by atoms with Gasteiger partial charge in [-0.3, -0.25) is 0 Å². The molecule has 1 atom stereocenters. The van der Waals surface area contributed by atoms with Crippen LogP contribution in [0.25, 0.3) is 0 Å². The van der Waals surface area contributed by atoms with Gasteiger partial charge >= 0.3 is 0 Å². The topological polar surface area (TPSA) is 61.3 Å². The van der Waals surface area contributed by atoms with Gasteiger partial charge in [0.1, 0.15) is 5.75 Å². The summed E-state index contributed by atoms with van der Waals surface area (Å²) in [5.74, 6) is 0.909. The van der Waals surface area contributed by atoms with Gasteiger partial charge in [0, 0.05) is 6.04 Å². The average Bonchev–Trinajstić information content (AvgIpc) is 2.30. The van der Waals surface area contributed by atoms with Crippen LogP contribution >= 0.6 is 0 Å². The lowest BCUT2D eigenvalue weighted by molar-refractivity contribution is 0.410. The number of nitrogens with two attached hydrogens (primary N) is 2. The van der Waals surface area contributed by atoms with E-state index in [1.165, 1.54) is 0 Å². The molecule has 0 aromatic heterocycles. The highest BCUT2D eigenvalue weighted by atomic mass is 16.5. The van der Waals surface area contributed by atoms with Crippen molar-refractivity contribution in [3.63, 3.8) is 0 Å². The number of benzene rings is 1. The molecule has 4 N–H and O–H groups in total. The minimum atomic E-state index is 0.0843. The summed E-state index contributed by atoms with van der Waals surface area (Å²) in [6.45, 7) is 2.77. The van der Waals surface area contributed by atoms with Crippen LogP contribution in [0.1, 0.15) is 36.4 Å². The van der Waals surface area contributed by atoms with Crippen molar-refractivity contribution in [1.29, 1.82) is 0 Å². The number of hydrogen-bond acceptors (Lipinski definition) is 3. The van der Waals surface area contributed by atoms with Crippen molar-refractivity contribution in [2.24, 2.45) is 11.5 Å². The first-order chi connectivity index (χ1) is 7.69. The molecule has 0 aliphatic rings. The molecule has 16 heavy (non-hydrogen) atoms. The molecule has 0 amide bonds. The predicted molar refractivity (Wildman–Crippen MR) is 67.6 cm³/mol. The highest BCUT2D eigenvalue weighted by Crippen LogP contribution is 2.24. The standard InChI is InChI=1S/C13H22N2O/c1-10-6-7-11(9-13(10)16-2)12(15)5-3-4-8-14/h6-7,9,12H,3-5,8,14-15H2,1-2H3/t12-/m0/s1. The van der Waals surface area contributed by atoms with E-state index >= 15 is 0 Å². The Bertz CT molecular complexity index is 326. The number of ether oxygens (including phenoxy) is 1. The van der Waals surface area contributed by atoms with Crippen LogP contribution in [0, 0.1) is 6.92 Å². The fourth-order valence-corrected chi connectivity index (χ4v) is 1.74. The van der Waals surface area contributed by atoms with Gasteiger partial charge in [-0.1, -0.05) is 18.6 Å². The van der Waals surface area contributed by atoms with Crippen molar-refractivity contribution in [3.05, 3.63) is 29.3 Å². The fourth-order valence-electron chi connectivity index (χ4n) is 1.74. The molecule has 0 aliphatic heterocycles. The highest BCUT2D eigenvalue weighted by molar-refractivity contribution is 5.37. The first-order valence-electron chi connectivity index (χ1n) is 5.79. The summed E-state index contributed by atoms with van der Waals surface area (Å²) >= 11 is 0. The summed E-state index contributed by atoms with van der Waals surface area (Å²) in [5.41, 5.74) is 13.8. The van der Waals surface area contributed by atoms with E-state index in [9.17, 15) is 0 Å². The van der Waals surface area contributed by atoms with Crippen molar-refractivity contribution in [3.8, 4) is 5.75 Å². The zero-order valence-corrected chi connectivity index (χ0v) is 10.2. The number of aryl methyl sites for hydroxylation is 1. The highest BCUT2D eigenvalue weighted by Gasteiger charge is 2.08. The van der Waals surface area contributed by atoms with E-state index in [4.69, 9.17) is 16.2 Å². The molecule has 1 aromatic carbocycles. The maximum absolute atomic E-state index is 6.11. The first kappa shape index (κ1) is 13.0. The van der Waals surface area contributed by atoms with Gasteiger partial charge in [0.25, 0.3) is 0 Å². The third kappa shape index (κ3) is 3.51. The summed E-state index contributed by atoms with van der Waals surface area (Å²) in [6, 6.07) is 6.24. The largest absolute Gasteiger partial charge is 0.496 e. The lowest BCUT2D eigenvalue weighted by atomic mass is 10.0. The summed E-state index contributed by atoms with van der Waals surface area (Å²) in [6.07, 6.45) is 3.09. The van der Waals surface area contributed by atoms with E-state index in [0.717, 1.165) is 42.7 Å². The molecule has 0 spiro atoms. The zero-order valence-electron chi connectivity index (χ0n) is 10.2. The van der Waals surface area contributed by atoms with Crippen molar-refractivity contribution in [2.45, 2.75) is 32.2 Å². The minimum Gasteiger partial charge on any atom is -0.496 e. The molecule has 0 radical (unpaired) electrons. The fraction of sp³-hybridized carbons (Fsp3) is 0.538. The molecule has 3 heteroatoms. The van der Waals surface area contributed by atoms with Crippen molar-refractivity contribution >= 4 is 0 Å². The Balaban J connectivity index is 2.64. The van der Waals surface area contributed by atoms with Gasteiger partial charge in [-0.2, -0.15) is 0 Å². The Kier molecular flexibility index (Phi) is 5.29. The molecule has 3 nitrogen and oxygen atoms in total. The second-order valence-electron chi connectivity index (χ2n) is 4.12. The zero-order chi connectivity index (χ0) is 12.0. The van der Waals surface area contributed by atoms with E-state index in [1.54, 1.807) is 7.11 Å². The van der Waals surface area contributed by atoms with Gasteiger partial charge < -0.3 is 16.2 Å². The van der Waals surface area contributed by atoms with Crippen molar-refractivity contribution < 1.29 is 4.74 Å². The van der Waals surface area contributed by atoms with Gasteiger partial charge in [0.2, 0.25) is 0 Å². The van der Waals surface area contributed by atoms with E-state index in [-0.39, 0.29) is 6.04 Å². The van der Waals surface area contributed by atoms with Gasteiger partial charge in [-0.05, 0) is 43.5 Å². The Hall–Kier alpha value is -1.06. The SMILES string of the molecule is COc1cc([C@@H](N)CCCCN)ccc1C. The Morgan fingerprint density at radius 2 is 2.06 bits per heavy atom. The molecule has 90 valence electrons. The van der Waals surface area contributed by atoms with Crippen LogP contribution in [-0.2, 0) is 0 Å². The molecule has 0 saturated carbocycles. The summed E-state index contributed by atoms with van der Waals surface area (Å²) in [5, 5.41) is 0. The van der Waals surface area contributed by atoms with E-state index < -0.39 is 0 Å². The van der Waals surface area contributed by atoms with Crippen molar-refractivity contribution in [1.82, 2.24) is 0 Å². The molecule has 0 heterocycles. The van der Waals surface area contributed by atoms with Gasteiger partial charge in [0.15, 0.2) is 0 Å². The van der Waals surface area contributed by atoms with Crippen LogP contribution in [0.5, 0.6) is 5.75 Å². The first-order valence-corrected chi connectivity index (χ1v) is 5.79. The van der Waals surface area contributed by atoms with Crippen LogP contribution in [0.15, 0.2) is 18.2 Å². The number of rotatable bonds is 6. The molecule has 0 unspecified atom stereocenters. The second-order valence-corrected chi connectivity index (χ2v) is 4.12. The average molecular weight is 222 g/mol. The van der Waals surface area contributed by atoms with Crippen LogP contribution in [0.3, 0.4) is 0 Å². The van der Waals surface area contributed by atoms with Crippen molar-refractivity contribution in [2.75, 3.05) is 13.7 Å². The van der Waals surface area contributed by atoms with Crippen LogP contribution in [0.2, 0.25) is 0 Å². The molecule has 1 aromatic rings. The Morgan fingerprint density at radius 1 is 1.31 bits per heavy atom. The molecular formula is C13H22N2O. The summed E-state index contributed by atoms with van der Waals surface area (Å²) in [4.78, 5) is 0. The molecule has 0 bridgehead atoms. The van der Waals surface area contributed by atoms with Gasteiger partial charge in [0.05, 0.1) is 7.11 Å². The second kappa shape index (κ2) is 6.51. The minimum absolute atomic E-state index is 0.0843. The summed E-state index contributed by atoms with van der Waals surface area (Å²) < 4.78 is 5.29. The molecule has 0 fully saturated rings. The molecular weight excluding hydrogens is 200 g/mol. The summed E-state index contributed by atoms with van der Waals surface area (Å²) in [7, 11) is 1.69. The van der Waals surface area contributed by atoms with Gasteiger partial charge in [-0.15, -0.1) is 0 Å². The van der Waals surface area contributed by atoms with E-state index in [1.807, 2.05) is 13.0 Å². The molecule has 1 rings (SSSR count). The maximum Gasteiger partial charge on any atom is 0.122 e. The van der Waals surface area contributed by atoms with E-state index in [0.29, 0.717) is 0 Å². The number of unbranched alkanes of at least 4 members (excludes halogenated alkanes) is 1. The maximum atomic E-state index is 6.11. The van der Waals surface area contributed by atoms with Crippen LogP contribution in [0.4, 0.5) is 0 Å². The molecule has 0 saturated heterocycles. The Morgan fingerprint density at radius 3 is 2.69 bits per heavy atom. The lowest BCUT2D eigenvalue weighted by Crippen LogP contribution is -2.11. The monoisotopic (exact) mass is 222 g/mol. The normalized spacial score (nSPS) is 12.5. The molecule has 0 aliphatic carbocycles.